The zero-order valence-corrected chi connectivity index (χ0v) is 18.9. The van der Waals surface area contributed by atoms with Crippen LogP contribution in [-0.2, 0) is 13.2 Å². The normalized spacial score (nSPS) is 26.6. The zero-order valence-electron chi connectivity index (χ0n) is 18.1. The molecular formula is C24H38O3S. The zero-order chi connectivity index (χ0) is 20.5. The van der Waals surface area contributed by atoms with Gasteiger partial charge in [-0.15, -0.1) is 11.3 Å². The van der Waals surface area contributed by atoms with Gasteiger partial charge in [0.05, 0.1) is 18.8 Å². The molecule has 0 aliphatic heterocycles. The summed E-state index contributed by atoms with van der Waals surface area (Å²) >= 11 is 1.67. The second-order valence-corrected chi connectivity index (χ2v) is 11.1. The third kappa shape index (κ3) is 4.40. The molecule has 0 spiro atoms. The Hall–Kier alpha value is -0.680. The van der Waals surface area contributed by atoms with Crippen molar-refractivity contribution in [3.05, 3.63) is 27.0 Å². The van der Waals surface area contributed by atoms with Crippen LogP contribution in [0.25, 0.3) is 5.57 Å². The molecule has 0 amide bonds. The van der Waals surface area contributed by atoms with Crippen molar-refractivity contribution in [1.82, 2.24) is 0 Å². The summed E-state index contributed by atoms with van der Waals surface area (Å²) in [6.07, 6.45) is 9.24. The minimum absolute atomic E-state index is 0.00708. The van der Waals surface area contributed by atoms with Crippen molar-refractivity contribution in [3.8, 4) is 0 Å². The average Bonchev–Trinajstić information content (AvgIpc) is 3.20. The van der Waals surface area contributed by atoms with Gasteiger partial charge in [-0.25, -0.2) is 0 Å². The van der Waals surface area contributed by atoms with E-state index in [0.717, 1.165) is 29.7 Å². The van der Waals surface area contributed by atoms with Crippen LogP contribution >= 0.6 is 11.3 Å². The van der Waals surface area contributed by atoms with Gasteiger partial charge in [-0.3, -0.25) is 0 Å². The Kier molecular flexibility index (Phi) is 6.75. The molecule has 0 unspecified atom stereocenters. The number of hydrogen-bond acceptors (Lipinski definition) is 4. The Morgan fingerprint density at radius 3 is 2.61 bits per heavy atom. The smallest absolute Gasteiger partial charge is 0.0778 e. The number of thiophene rings is 1. The fourth-order valence-corrected chi connectivity index (χ4v) is 7.00. The Labute approximate surface area is 174 Å². The first kappa shape index (κ1) is 22.0. The number of hydrogen-bond donors (Lipinski definition) is 3. The Morgan fingerprint density at radius 2 is 2.00 bits per heavy atom. The molecule has 2 aliphatic rings. The first-order chi connectivity index (χ1) is 13.2. The van der Waals surface area contributed by atoms with E-state index >= 15 is 0 Å². The maximum Gasteiger partial charge on any atom is 0.0778 e. The molecule has 1 fully saturated rings. The van der Waals surface area contributed by atoms with E-state index in [9.17, 15) is 15.3 Å². The maximum atomic E-state index is 10.0. The molecule has 0 saturated heterocycles. The fraction of sp³-hybridized carbons (Fsp3) is 0.750. The number of fused-ring (bicyclic) bond motifs is 1. The van der Waals surface area contributed by atoms with Crippen LogP contribution in [0.3, 0.4) is 0 Å². The lowest BCUT2D eigenvalue weighted by Gasteiger charge is -2.41. The molecule has 1 saturated carbocycles. The molecule has 28 heavy (non-hydrogen) atoms. The van der Waals surface area contributed by atoms with Gasteiger partial charge in [0.1, 0.15) is 0 Å². The molecule has 3 N–H and O–H groups in total. The standard InChI is InChI=1S/C24H38O3S/c1-16(7-5-11-23(2,3)27)19-9-10-20-18(8-6-12-24(19,20)4)21-13-17(14-25)22(15-26)28-21/h13,16,19,25-27H,5-12,14-15H2,1-4H3/t16-,19-,24-/m1/s1. The first-order valence-electron chi connectivity index (χ1n) is 11.0. The summed E-state index contributed by atoms with van der Waals surface area (Å²) < 4.78 is 0. The molecule has 1 heterocycles. The van der Waals surface area contributed by atoms with Gasteiger partial charge in [-0.05, 0) is 86.8 Å². The molecule has 3 nitrogen and oxygen atoms in total. The van der Waals surface area contributed by atoms with Crippen LogP contribution in [-0.4, -0.2) is 20.9 Å². The molecule has 0 aromatic carbocycles. The van der Waals surface area contributed by atoms with E-state index in [1.165, 1.54) is 42.6 Å². The van der Waals surface area contributed by atoms with Crippen molar-refractivity contribution in [2.45, 2.75) is 97.9 Å². The van der Waals surface area contributed by atoms with Crippen LogP contribution in [0.5, 0.6) is 0 Å². The van der Waals surface area contributed by atoms with Gasteiger partial charge in [0.25, 0.3) is 0 Å². The van der Waals surface area contributed by atoms with Crippen LogP contribution in [0.2, 0.25) is 0 Å². The summed E-state index contributed by atoms with van der Waals surface area (Å²) in [4.78, 5) is 2.18. The third-order valence-corrected chi connectivity index (χ3v) is 8.57. The summed E-state index contributed by atoms with van der Waals surface area (Å²) in [5.74, 6) is 1.39. The number of allylic oxidation sites excluding steroid dienone is 2. The minimum atomic E-state index is -0.559. The summed E-state index contributed by atoms with van der Waals surface area (Å²) in [6, 6.07) is 2.12. The molecule has 3 atom stereocenters. The fourth-order valence-electron chi connectivity index (χ4n) is 5.87. The van der Waals surface area contributed by atoms with Gasteiger partial charge in [-0.1, -0.05) is 32.3 Å². The van der Waals surface area contributed by atoms with Crippen molar-refractivity contribution in [2.24, 2.45) is 17.3 Å². The lowest BCUT2D eigenvalue weighted by Crippen LogP contribution is -2.31. The molecule has 4 heteroatoms. The molecule has 1 aromatic rings. The Balaban J connectivity index is 1.82. The summed E-state index contributed by atoms with van der Waals surface area (Å²) in [6.45, 7) is 8.74. The van der Waals surface area contributed by atoms with Crippen LogP contribution in [0.4, 0.5) is 0 Å². The Bertz CT molecular complexity index is 690. The lowest BCUT2D eigenvalue weighted by molar-refractivity contribution is 0.0641. The van der Waals surface area contributed by atoms with Gasteiger partial charge in [0.15, 0.2) is 0 Å². The van der Waals surface area contributed by atoms with Gasteiger partial charge in [0, 0.05) is 9.75 Å². The highest BCUT2D eigenvalue weighted by atomic mass is 32.1. The van der Waals surface area contributed by atoms with Crippen LogP contribution in [0.1, 0.15) is 94.4 Å². The average molecular weight is 407 g/mol. The van der Waals surface area contributed by atoms with E-state index in [-0.39, 0.29) is 18.6 Å². The largest absolute Gasteiger partial charge is 0.392 e. The predicted molar refractivity (Wildman–Crippen MR) is 117 cm³/mol. The SMILES string of the molecule is C[C@H](CCCC(C)(C)O)[C@H]1CCC2=C(c3cc(CO)c(CO)s3)CCC[C@@]21C. The van der Waals surface area contributed by atoms with E-state index in [2.05, 4.69) is 19.9 Å². The highest BCUT2D eigenvalue weighted by molar-refractivity contribution is 7.13. The topological polar surface area (TPSA) is 60.7 Å². The van der Waals surface area contributed by atoms with Crippen molar-refractivity contribution >= 4 is 16.9 Å². The van der Waals surface area contributed by atoms with Gasteiger partial charge in [-0.2, -0.15) is 0 Å². The van der Waals surface area contributed by atoms with E-state index in [1.807, 2.05) is 13.8 Å². The van der Waals surface area contributed by atoms with Gasteiger partial charge < -0.3 is 15.3 Å². The summed E-state index contributed by atoms with van der Waals surface area (Å²) in [5.41, 5.74) is 3.76. The van der Waals surface area contributed by atoms with Crippen molar-refractivity contribution in [1.29, 1.82) is 0 Å². The summed E-state index contributed by atoms with van der Waals surface area (Å²) in [5, 5.41) is 29.3. The van der Waals surface area contributed by atoms with E-state index in [0.29, 0.717) is 11.8 Å². The monoisotopic (exact) mass is 406 g/mol. The predicted octanol–water partition coefficient (Wildman–Crippen LogP) is 5.66. The van der Waals surface area contributed by atoms with Crippen LogP contribution in [0.15, 0.2) is 11.6 Å². The van der Waals surface area contributed by atoms with Gasteiger partial charge >= 0.3 is 0 Å². The second-order valence-electron chi connectivity index (χ2n) is 9.93. The van der Waals surface area contributed by atoms with Crippen molar-refractivity contribution < 1.29 is 15.3 Å². The van der Waals surface area contributed by atoms with Crippen molar-refractivity contribution in [3.63, 3.8) is 0 Å². The van der Waals surface area contributed by atoms with Crippen LogP contribution in [0, 0.1) is 17.3 Å². The minimum Gasteiger partial charge on any atom is -0.392 e. The number of rotatable bonds is 8. The highest BCUT2D eigenvalue weighted by Crippen LogP contribution is 2.59. The number of aliphatic hydroxyl groups excluding tert-OH is 2. The highest BCUT2D eigenvalue weighted by Gasteiger charge is 2.47. The lowest BCUT2D eigenvalue weighted by atomic mass is 9.64. The molecule has 0 radical (unpaired) electrons. The molecular weight excluding hydrogens is 368 g/mol. The molecule has 3 rings (SSSR count). The molecule has 1 aromatic heterocycles. The maximum absolute atomic E-state index is 10.0. The van der Waals surface area contributed by atoms with Gasteiger partial charge in [0.2, 0.25) is 0 Å². The van der Waals surface area contributed by atoms with E-state index in [1.54, 1.807) is 16.9 Å². The molecule has 158 valence electrons. The Morgan fingerprint density at radius 1 is 1.25 bits per heavy atom. The quantitative estimate of drug-likeness (QED) is 0.522. The van der Waals surface area contributed by atoms with E-state index in [4.69, 9.17) is 0 Å². The number of aliphatic hydroxyl groups is 3. The van der Waals surface area contributed by atoms with E-state index < -0.39 is 5.60 Å². The summed E-state index contributed by atoms with van der Waals surface area (Å²) in [7, 11) is 0. The molecule has 2 aliphatic carbocycles. The first-order valence-corrected chi connectivity index (χ1v) is 11.8. The van der Waals surface area contributed by atoms with Crippen molar-refractivity contribution in [2.75, 3.05) is 0 Å². The molecule has 0 bridgehead atoms. The van der Waals surface area contributed by atoms with Crippen LogP contribution < -0.4 is 0 Å². The third-order valence-electron chi connectivity index (χ3n) is 7.34. The second kappa shape index (κ2) is 8.59.